The van der Waals surface area contributed by atoms with Crippen molar-refractivity contribution in [2.45, 2.75) is 6.92 Å². The van der Waals surface area contributed by atoms with E-state index in [-0.39, 0.29) is 10.8 Å². The molecule has 0 saturated heterocycles. The summed E-state index contributed by atoms with van der Waals surface area (Å²) in [6.07, 6.45) is 0. The van der Waals surface area contributed by atoms with Crippen molar-refractivity contribution in [3.05, 3.63) is 39.3 Å². The molecule has 16 heavy (non-hydrogen) atoms. The third-order valence-electron chi connectivity index (χ3n) is 2.01. The third-order valence-corrected chi connectivity index (χ3v) is 2.68. The van der Waals surface area contributed by atoms with Gasteiger partial charge in [-0.3, -0.25) is 9.59 Å². The Kier molecular flexibility index (Phi) is 2.87. The maximum absolute atomic E-state index is 11.0. The average Bonchev–Trinajstić information content (AvgIpc) is 2.64. The first kappa shape index (κ1) is 10.6. The lowest BCUT2D eigenvalue weighted by Gasteiger charge is -2.03. The number of aromatic amines is 1. The van der Waals surface area contributed by atoms with E-state index in [1.54, 1.807) is 11.4 Å². The molecule has 2 N–H and O–H groups in total. The molecule has 0 spiro atoms. The average molecular weight is 234 g/mol. The van der Waals surface area contributed by atoms with Crippen molar-refractivity contribution in [2.75, 3.05) is 5.32 Å². The Morgan fingerprint density at radius 1 is 1.44 bits per heavy atom. The summed E-state index contributed by atoms with van der Waals surface area (Å²) in [5.41, 5.74) is 2.36. The number of carbonyl (C=O) groups is 1. The predicted molar refractivity (Wildman–Crippen MR) is 64.7 cm³/mol. The van der Waals surface area contributed by atoms with Gasteiger partial charge in [0.15, 0.2) is 0 Å². The van der Waals surface area contributed by atoms with Crippen molar-refractivity contribution in [2.24, 2.45) is 0 Å². The molecule has 4 nitrogen and oxygen atoms in total. The SMILES string of the molecule is CC(=O)Nc1cccc(-c2csc(=O)[nH]2)c1. The molecular weight excluding hydrogens is 224 g/mol. The highest BCUT2D eigenvalue weighted by Gasteiger charge is 2.02. The molecule has 1 aromatic heterocycles. The highest BCUT2D eigenvalue weighted by Crippen LogP contribution is 2.20. The van der Waals surface area contributed by atoms with Gasteiger partial charge in [0.25, 0.3) is 0 Å². The molecule has 0 saturated carbocycles. The lowest BCUT2D eigenvalue weighted by atomic mass is 10.1. The van der Waals surface area contributed by atoms with Gasteiger partial charge in [-0.05, 0) is 12.1 Å². The summed E-state index contributed by atoms with van der Waals surface area (Å²) in [7, 11) is 0. The van der Waals surface area contributed by atoms with Gasteiger partial charge in [-0.25, -0.2) is 0 Å². The number of rotatable bonds is 2. The number of thiazole rings is 1. The second-order valence-corrected chi connectivity index (χ2v) is 4.17. The normalized spacial score (nSPS) is 10.1. The maximum atomic E-state index is 11.0. The second kappa shape index (κ2) is 4.32. The van der Waals surface area contributed by atoms with Crippen LogP contribution < -0.4 is 10.2 Å². The van der Waals surface area contributed by atoms with Crippen LogP contribution in [0, 0.1) is 0 Å². The van der Waals surface area contributed by atoms with E-state index in [0.717, 1.165) is 28.3 Å². The van der Waals surface area contributed by atoms with E-state index in [1.165, 1.54) is 6.92 Å². The first-order valence-electron chi connectivity index (χ1n) is 4.71. The zero-order valence-corrected chi connectivity index (χ0v) is 9.43. The summed E-state index contributed by atoms with van der Waals surface area (Å²) in [5, 5.41) is 4.45. The molecule has 0 aliphatic carbocycles. The molecule has 82 valence electrons. The number of benzene rings is 1. The molecule has 0 aliphatic heterocycles. The number of anilines is 1. The van der Waals surface area contributed by atoms with Crippen LogP contribution in [0.2, 0.25) is 0 Å². The van der Waals surface area contributed by atoms with Crippen LogP contribution in [-0.4, -0.2) is 10.9 Å². The lowest BCUT2D eigenvalue weighted by Crippen LogP contribution is -2.05. The Morgan fingerprint density at radius 2 is 2.25 bits per heavy atom. The molecule has 0 aliphatic rings. The van der Waals surface area contributed by atoms with Crippen molar-refractivity contribution >= 4 is 22.9 Å². The summed E-state index contributed by atoms with van der Waals surface area (Å²) in [6, 6.07) is 7.33. The van der Waals surface area contributed by atoms with Gasteiger partial charge >= 0.3 is 4.87 Å². The zero-order chi connectivity index (χ0) is 11.5. The monoisotopic (exact) mass is 234 g/mol. The fourth-order valence-electron chi connectivity index (χ4n) is 1.39. The molecule has 5 heteroatoms. The minimum absolute atomic E-state index is 0.0834. The molecule has 0 unspecified atom stereocenters. The van der Waals surface area contributed by atoms with Crippen LogP contribution in [0.4, 0.5) is 5.69 Å². The largest absolute Gasteiger partial charge is 0.326 e. The molecule has 1 heterocycles. The molecular formula is C11H10N2O2S. The Bertz CT molecular complexity index is 571. The summed E-state index contributed by atoms with van der Waals surface area (Å²) in [5.74, 6) is -0.115. The standard InChI is InChI=1S/C11H10N2O2S/c1-7(14)12-9-4-2-3-8(5-9)10-6-16-11(15)13-10/h2-6H,1H3,(H,12,14)(H,13,15). The maximum Gasteiger partial charge on any atom is 0.304 e. The number of amides is 1. The predicted octanol–water partition coefficient (Wildman–Crippen LogP) is 2.06. The van der Waals surface area contributed by atoms with Crippen LogP contribution in [0.5, 0.6) is 0 Å². The minimum Gasteiger partial charge on any atom is -0.326 e. The number of aromatic nitrogens is 1. The highest BCUT2D eigenvalue weighted by molar-refractivity contribution is 7.07. The van der Waals surface area contributed by atoms with Gasteiger partial charge in [0, 0.05) is 23.6 Å². The van der Waals surface area contributed by atoms with E-state index in [9.17, 15) is 9.59 Å². The molecule has 2 aromatic rings. The summed E-state index contributed by atoms with van der Waals surface area (Å²) < 4.78 is 0. The summed E-state index contributed by atoms with van der Waals surface area (Å²) in [4.78, 5) is 24.6. The van der Waals surface area contributed by atoms with E-state index in [1.807, 2.05) is 18.2 Å². The lowest BCUT2D eigenvalue weighted by molar-refractivity contribution is -0.114. The Balaban J connectivity index is 2.35. The van der Waals surface area contributed by atoms with Crippen LogP contribution in [0.1, 0.15) is 6.92 Å². The topological polar surface area (TPSA) is 62.0 Å². The molecule has 0 atom stereocenters. The van der Waals surface area contributed by atoms with Crippen LogP contribution in [-0.2, 0) is 4.79 Å². The van der Waals surface area contributed by atoms with Gasteiger partial charge in [0.1, 0.15) is 0 Å². The number of hydrogen-bond acceptors (Lipinski definition) is 3. The van der Waals surface area contributed by atoms with Gasteiger partial charge in [-0.15, -0.1) is 0 Å². The molecule has 2 rings (SSSR count). The first-order valence-corrected chi connectivity index (χ1v) is 5.59. The van der Waals surface area contributed by atoms with Gasteiger partial charge < -0.3 is 10.3 Å². The van der Waals surface area contributed by atoms with Crippen molar-refractivity contribution in [1.82, 2.24) is 4.98 Å². The summed E-state index contributed by atoms with van der Waals surface area (Å²) >= 11 is 1.12. The zero-order valence-electron chi connectivity index (χ0n) is 8.61. The Hall–Kier alpha value is -1.88. The highest BCUT2D eigenvalue weighted by atomic mass is 32.1. The van der Waals surface area contributed by atoms with E-state index in [0.29, 0.717) is 0 Å². The van der Waals surface area contributed by atoms with Crippen LogP contribution in [0.15, 0.2) is 34.4 Å². The fraction of sp³-hybridized carbons (Fsp3) is 0.0909. The Labute approximate surface area is 96.0 Å². The number of H-pyrrole nitrogens is 1. The molecule has 1 amide bonds. The second-order valence-electron chi connectivity index (χ2n) is 3.32. The Morgan fingerprint density at radius 3 is 2.88 bits per heavy atom. The van der Waals surface area contributed by atoms with E-state index in [4.69, 9.17) is 0 Å². The van der Waals surface area contributed by atoms with Crippen molar-refractivity contribution in [3.63, 3.8) is 0 Å². The van der Waals surface area contributed by atoms with Gasteiger partial charge in [-0.1, -0.05) is 23.5 Å². The quantitative estimate of drug-likeness (QED) is 0.835. The minimum atomic E-state index is -0.115. The van der Waals surface area contributed by atoms with E-state index in [2.05, 4.69) is 10.3 Å². The van der Waals surface area contributed by atoms with Gasteiger partial charge in [-0.2, -0.15) is 0 Å². The smallest absolute Gasteiger partial charge is 0.304 e. The fourth-order valence-corrected chi connectivity index (χ4v) is 1.98. The van der Waals surface area contributed by atoms with Gasteiger partial charge in [0.2, 0.25) is 5.91 Å². The summed E-state index contributed by atoms with van der Waals surface area (Å²) in [6.45, 7) is 1.46. The van der Waals surface area contributed by atoms with E-state index >= 15 is 0 Å². The third kappa shape index (κ3) is 2.38. The first-order chi connectivity index (χ1) is 7.65. The number of hydrogen-bond donors (Lipinski definition) is 2. The molecule has 0 radical (unpaired) electrons. The van der Waals surface area contributed by atoms with Crippen molar-refractivity contribution in [1.29, 1.82) is 0 Å². The van der Waals surface area contributed by atoms with Crippen LogP contribution >= 0.6 is 11.3 Å². The number of nitrogens with one attached hydrogen (secondary N) is 2. The van der Waals surface area contributed by atoms with Crippen molar-refractivity contribution < 1.29 is 4.79 Å². The molecule has 1 aromatic carbocycles. The van der Waals surface area contributed by atoms with Crippen LogP contribution in [0.3, 0.4) is 0 Å². The van der Waals surface area contributed by atoms with Crippen molar-refractivity contribution in [3.8, 4) is 11.3 Å². The molecule has 0 bridgehead atoms. The van der Waals surface area contributed by atoms with E-state index < -0.39 is 0 Å². The number of carbonyl (C=O) groups excluding carboxylic acids is 1. The van der Waals surface area contributed by atoms with Crippen LogP contribution in [0.25, 0.3) is 11.3 Å². The molecule has 0 fully saturated rings. The van der Waals surface area contributed by atoms with Gasteiger partial charge in [0.05, 0.1) is 5.69 Å².